The molecule has 0 aliphatic carbocycles. The number of carbonyl (C=O) groups excluding carboxylic acids is 2. The highest BCUT2D eigenvalue weighted by molar-refractivity contribution is 6.32. The van der Waals surface area contributed by atoms with Crippen molar-refractivity contribution in [3.8, 4) is 11.5 Å². The Morgan fingerprint density at radius 3 is 2.32 bits per heavy atom. The molecular weight excluding hydrogens is 394 g/mol. The molecule has 0 fully saturated rings. The summed E-state index contributed by atoms with van der Waals surface area (Å²) >= 11 is 6.03. The van der Waals surface area contributed by atoms with E-state index < -0.39 is 35.2 Å². The maximum Gasteiger partial charge on any atom is 0.338 e. The fourth-order valence-corrected chi connectivity index (χ4v) is 2.73. The molecule has 28 heavy (non-hydrogen) atoms. The zero-order chi connectivity index (χ0) is 21.2. The normalized spacial score (nSPS) is 10.5. The van der Waals surface area contributed by atoms with Gasteiger partial charge in [0.2, 0.25) is 5.78 Å². The van der Waals surface area contributed by atoms with Crippen LogP contribution >= 0.6 is 11.6 Å². The zero-order valence-corrected chi connectivity index (χ0v) is 16.3. The van der Waals surface area contributed by atoms with Crippen LogP contribution < -0.4 is 26.5 Å². The van der Waals surface area contributed by atoms with E-state index >= 15 is 0 Å². The molecule has 1 aromatic carbocycles. The van der Waals surface area contributed by atoms with Crippen LogP contribution in [0.4, 0.5) is 5.82 Å². The molecule has 0 radical (unpaired) electrons. The number of esters is 1. The Balaban J connectivity index is 2.27. The average molecular weight is 412 g/mol. The van der Waals surface area contributed by atoms with Gasteiger partial charge in [0.15, 0.2) is 18.1 Å². The van der Waals surface area contributed by atoms with Crippen LogP contribution in [0.3, 0.4) is 0 Å². The fourth-order valence-electron chi connectivity index (χ4n) is 2.44. The van der Waals surface area contributed by atoms with E-state index in [9.17, 15) is 19.2 Å². The molecule has 2 aromatic rings. The number of hydrogen-bond donors (Lipinski definition) is 1. The molecule has 1 aromatic heterocycles. The topological polar surface area (TPSA) is 132 Å². The lowest BCUT2D eigenvalue weighted by molar-refractivity contribution is 0.0474. The average Bonchev–Trinajstić information content (AvgIpc) is 2.68. The Labute approximate surface area is 164 Å². The van der Waals surface area contributed by atoms with Gasteiger partial charge in [-0.15, -0.1) is 0 Å². The van der Waals surface area contributed by atoms with Crippen LogP contribution in [0.2, 0.25) is 5.02 Å². The summed E-state index contributed by atoms with van der Waals surface area (Å²) in [7, 11) is 5.27. The first-order valence-corrected chi connectivity index (χ1v) is 8.19. The highest BCUT2D eigenvalue weighted by atomic mass is 35.5. The molecule has 0 spiro atoms. The number of hydrogen-bond acceptors (Lipinski definition) is 8. The van der Waals surface area contributed by atoms with Gasteiger partial charge in [0.05, 0.1) is 24.8 Å². The molecule has 0 aliphatic heterocycles. The SMILES string of the molecule is COc1cc(C(=O)OCC(=O)c2c(N)n(C)c(=O)n(C)c2=O)cc(Cl)c1OC. The van der Waals surface area contributed by atoms with Gasteiger partial charge in [0.1, 0.15) is 11.4 Å². The number of aromatic nitrogens is 2. The maximum absolute atomic E-state index is 12.4. The van der Waals surface area contributed by atoms with Crippen LogP contribution in [-0.2, 0) is 18.8 Å². The Bertz CT molecular complexity index is 1070. The van der Waals surface area contributed by atoms with Gasteiger partial charge in [0.25, 0.3) is 5.56 Å². The summed E-state index contributed by atoms with van der Waals surface area (Å²) in [5, 5.41) is 0.108. The predicted molar refractivity (Wildman–Crippen MR) is 101 cm³/mol. The molecule has 0 atom stereocenters. The number of halogens is 1. The summed E-state index contributed by atoms with van der Waals surface area (Å²) in [5.74, 6) is -1.61. The molecule has 150 valence electrons. The van der Waals surface area contributed by atoms with Gasteiger partial charge in [-0.1, -0.05) is 11.6 Å². The number of rotatable bonds is 6. The van der Waals surface area contributed by atoms with Crippen molar-refractivity contribution in [3.63, 3.8) is 0 Å². The lowest BCUT2D eigenvalue weighted by atomic mass is 10.2. The summed E-state index contributed by atoms with van der Waals surface area (Å²) in [6.07, 6.45) is 0. The lowest BCUT2D eigenvalue weighted by Crippen LogP contribution is -2.42. The van der Waals surface area contributed by atoms with E-state index in [1.807, 2.05) is 0 Å². The second-order valence-corrected chi connectivity index (χ2v) is 6.07. The van der Waals surface area contributed by atoms with Gasteiger partial charge in [-0.3, -0.25) is 18.7 Å². The third-order valence-corrected chi connectivity index (χ3v) is 4.27. The Kier molecular flexibility index (Phi) is 6.14. The maximum atomic E-state index is 12.4. The first kappa shape index (κ1) is 21.0. The summed E-state index contributed by atoms with van der Waals surface area (Å²) in [6.45, 7) is -0.761. The van der Waals surface area contributed by atoms with Gasteiger partial charge in [0, 0.05) is 14.1 Å². The van der Waals surface area contributed by atoms with E-state index in [-0.39, 0.29) is 27.9 Å². The molecule has 0 aliphatic rings. The third-order valence-electron chi connectivity index (χ3n) is 3.99. The van der Waals surface area contributed by atoms with Crippen molar-refractivity contribution >= 4 is 29.2 Å². The van der Waals surface area contributed by atoms with E-state index in [1.165, 1.54) is 40.4 Å². The molecule has 1 heterocycles. The van der Waals surface area contributed by atoms with Crippen molar-refractivity contribution < 1.29 is 23.8 Å². The minimum absolute atomic E-state index is 0.0109. The van der Waals surface area contributed by atoms with Crippen molar-refractivity contribution in [1.82, 2.24) is 9.13 Å². The molecule has 0 amide bonds. The van der Waals surface area contributed by atoms with Crippen molar-refractivity contribution in [2.75, 3.05) is 26.6 Å². The minimum Gasteiger partial charge on any atom is -0.493 e. The van der Waals surface area contributed by atoms with Crippen molar-refractivity contribution in [3.05, 3.63) is 49.1 Å². The lowest BCUT2D eigenvalue weighted by Gasteiger charge is -2.12. The van der Waals surface area contributed by atoms with E-state index in [4.69, 9.17) is 31.5 Å². The Hall–Kier alpha value is -3.27. The van der Waals surface area contributed by atoms with E-state index in [0.29, 0.717) is 0 Å². The van der Waals surface area contributed by atoms with Gasteiger partial charge >= 0.3 is 11.7 Å². The number of carbonyl (C=O) groups is 2. The van der Waals surface area contributed by atoms with Gasteiger partial charge in [-0.2, -0.15) is 0 Å². The number of ketones is 1. The Morgan fingerprint density at radius 1 is 1.11 bits per heavy atom. The Morgan fingerprint density at radius 2 is 1.75 bits per heavy atom. The molecule has 2 N–H and O–H groups in total. The largest absolute Gasteiger partial charge is 0.493 e. The predicted octanol–water partition coefficient (Wildman–Crippen LogP) is 0.377. The molecule has 0 saturated heterocycles. The van der Waals surface area contributed by atoms with Crippen molar-refractivity contribution in [2.24, 2.45) is 14.1 Å². The number of nitrogens with zero attached hydrogens (tertiary/aromatic N) is 2. The summed E-state index contributed by atoms with van der Waals surface area (Å²) in [5.41, 5.74) is 3.71. The van der Waals surface area contributed by atoms with E-state index in [1.54, 1.807) is 0 Å². The van der Waals surface area contributed by atoms with Crippen LogP contribution in [0.5, 0.6) is 11.5 Å². The molecular formula is C17H18ClN3O7. The first-order valence-electron chi connectivity index (χ1n) is 7.81. The summed E-state index contributed by atoms with van der Waals surface area (Å²) in [4.78, 5) is 48.6. The molecule has 11 heteroatoms. The van der Waals surface area contributed by atoms with Crippen molar-refractivity contribution in [2.45, 2.75) is 0 Å². The van der Waals surface area contributed by atoms with E-state index in [0.717, 1.165) is 9.13 Å². The highest BCUT2D eigenvalue weighted by Crippen LogP contribution is 2.36. The van der Waals surface area contributed by atoms with Gasteiger partial charge in [-0.25, -0.2) is 9.59 Å². The number of nitrogen functional groups attached to an aromatic ring is 1. The van der Waals surface area contributed by atoms with Crippen LogP contribution in [0.15, 0.2) is 21.7 Å². The monoisotopic (exact) mass is 411 g/mol. The molecule has 2 rings (SSSR count). The standard InChI is InChI=1S/C17H18ClN3O7/c1-20-14(19)12(15(23)21(2)17(20)25)10(22)7-28-16(24)8-5-9(18)13(27-4)11(6-8)26-3/h5-6H,7,19H2,1-4H3. The summed E-state index contributed by atoms with van der Waals surface area (Å²) < 4.78 is 16.8. The highest BCUT2D eigenvalue weighted by Gasteiger charge is 2.22. The number of nitrogens with two attached hydrogens (primary N) is 1. The number of ether oxygens (including phenoxy) is 3. The first-order chi connectivity index (χ1) is 13.1. The smallest absolute Gasteiger partial charge is 0.338 e. The van der Waals surface area contributed by atoms with Gasteiger partial charge < -0.3 is 19.9 Å². The van der Waals surface area contributed by atoms with Crippen LogP contribution in [0.25, 0.3) is 0 Å². The summed E-state index contributed by atoms with van der Waals surface area (Å²) in [6, 6.07) is 2.62. The van der Waals surface area contributed by atoms with Crippen LogP contribution in [-0.4, -0.2) is 41.7 Å². The quantitative estimate of drug-likeness (QED) is 0.532. The molecule has 0 saturated carbocycles. The second-order valence-electron chi connectivity index (χ2n) is 5.66. The second kappa shape index (κ2) is 8.17. The number of anilines is 1. The van der Waals surface area contributed by atoms with Crippen LogP contribution in [0.1, 0.15) is 20.7 Å². The van der Waals surface area contributed by atoms with Crippen molar-refractivity contribution in [1.29, 1.82) is 0 Å². The molecule has 0 unspecified atom stereocenters. The fraction of sp³-hybridized carbons (Fsp3) is 0.294. The van der Waals surface area contributed by atoms with Gasteiger partial charge in [-0.05, 0) is 12.1 Å². The third kappa shape index (κ3) is 3.72. The number of methoxy groups -OCH3 is 2. The molecule has 10 nitrogen and oxygen atoms in total. The number of benzene rings is 1. The number of Topliss-reactive ketones (excluding diaryl/α,β-unsaturated/α-hetero) is 1. The van der Waals surface area contributed by atoms with E-state index in [2.05, 4.69) is 0 Å². The van der Waals surface area contributed by atoms with Crippen LogP contribution in [0, 0.1) is 0 Å². The zero-order valence-electron chi connectivity index (χ0n) is 15.6. The molecule has 0 bridgehead atoms. The minimum atomic E-state index is -0.879.